The van der Waals surface area contributed by atoms with E-state index >= 15 is 0 Å². The molecule has 0 saturated carbocycles. The van der Waals surface area contributed by atoms with E-state index < -0.39 is 0 Å². The van der Waals surface area contributed by atoms with Gasteiger partial charge in [0, 0.05) is 10.0 Å². The van der Waals surface area contributed by atoms with Gasteiger partial charge in [0.25, 0.3) is 0 Å². The molecule has 0 bridgehead atoms. The summed E-state index contributed by atoms with van der Waals surface area (Å²) in [4.78, 5) is 0. The van der Waals surface area contributed by atoms with Gasteiger partial charge in [0.1, 0.15) is 0 Å². The summed E-state index contributed by atoms with van der Waals surface area (Å²) in [7, 11) is 0. The van der Waals surface area contributed by atoms with Gasteiger partial charge in [-0.2, -0.15) is 0 Å². The lowest BCUT2D eigenvalue weighted by molar-refractivity contribution is 0.833. The molecule has 102 valence electrons. The number of nitrogens with two attached hydrogens (primary N) is 1. The maximum absolute atomic E-state index is 5.79. The van der Waals surface area contributed by atoms with E-state index in [0.717, 1.165) is 29.4 Å². The fraction of sp³-hybridized carbons (Fsp3) is 0.250. The van der Waals surface area contributed by atoms with Gasteiger partial charge >= 0.3 is 0 Å². The summed E-state index contributed by atoms with van der Waals surface area (Å²) in [5, 5.41) is 1.62. The molecule has 0 aliphatic heterocycles. The first-order chi connectivity index (χ1) is 9.11. The molecule has 1 nitrogen and oxygen atoms in total. The van der Waals surface area contributed by atoms with Crippen molar-refractivity contribution in [3.63, 3.8) is 0 Å². The molecule has 0 aliphatic rings. The summed E-state index contributed by atoms with van der Waals surface area (Å²) in [6.07, 6.45) is 2.05. The monoisotopic (exact) mass is 295 g/mol. The Kier molecular flexibility index (Phi) is 7.57. The predicted molar refractivity (Wildman–Crippen MR) is 85.0 cm³/mol. The summed E-state index contributed by atoms with van der Waals surface area (Å²) >= 11 is 11.4. The molecular formula is C16H19Cl2N. The molecule has 0 radical (unpaired) electrons. The second-order valence-corrected chi connectivity index (χ2v) is 5.19. The Labute approximate surface area is 125 Å². The van der Waals surface area contributed by atoms with E-state index in [9.17, 15) is 0 Å². The van der Waals surface area contributed by atoms with Gasteiger partial charge in [0.15, 0.2) is 0 Å². The van der Waals surface area contributed by atoms with E-state index in [-0.39, 0.29) is 0 Å². The van der Waals surface area contributed by atoms with Crippen LogP contribution >= 0.6 is 23.2 Å². The quantitative estimate of drug-likeness (QED) is 0.858. The standard InChI is InChI=1S/C9H12ClN.C7H7Cl/c10-9-5-1-3-8(7-9)4-2-6-11;1-6-3-2-4-7(8)5-6/h1,3,5,7H,2,4,6,11H2;2-5H,1H3. The van der Waals surface area contributed by atoms with Crippen LogP contribution in [0.1, 0.15) is 17.5 Å². The second kappa shape index (κ2) is 8.98. The Hall–Kier alpha value is -1.02. The second-order valence-electron chi connectivity index (χ2n) is 4.32. The zero-order valence-corrected chi connectivity index (χ0v) is 12.6. The Balaban J connectivity index is 0.000000200. The van der Waals surface area contributed by atoms with Crippen molar-refractivity contribution in [3.05, 3.63) is 69.7 Å². The lowest BCUT2D eigenvalue weighted by Crippen LogP contribution is -1.99. The minimum atomic E-state index is 0.743. The van der Waals surface area contributed by atoms with E-state index in [2.05, 4.69) is 6.07 Å². The van der Waals surface area contributed by atoms with Crippen LogP contribution in [-0.2, 0) is 6.42 Å². The van der Waals surface area contributed by atoms with Gasteiger partial charge in [-0.15, -0.1) is 0 Å². The maximum Gasteiger partial charge on any atom is 0.0408 e. The smallest absolute Gasteiger partial charge is 0.0408 e. The van der Waals surface area contributed by atoms with Crippen molar-refractivity contribution in [1.82, 2.24) is 0 Å². The normalized spacial score (nSPS) is 9.68. The fourth-order valence-corrected chi connectivity index (χ4v) is 2.06. The molecule has 0 heterocycles. The highest BCUT2D eigenvalue weighted by atomic mass is 35.5. The Bertz CT molecular complexity index is 480. The number of halogens is 2. The minimum Gasteiger partial charge on any atom is -0.330 e. The van der Waals surface area contributed by atoms with Gasteiger partial charge in [0.2, 0.25) is 0 Å². The van der Waals surface area contributed by atoms with Crippen molar-refractivity contribution in [1.29, 1.82) is 0 Å². The fourth-order valence-electron chi connectivity index (χ4n) is 1.60. The molecule has 0 spiro atoms. The van der Waals surface area contributed by atoms with Crippen LogP contribution in [0.5, 0.6) is 0 Å². The van der Waals surface area contributed by atoms with Gasteiger partial charge in [-0.1, -0.05) is 47.5 Å². The maximum atomic E-state index is 5.79. The molecule has 0 fully saturated rings. The lowest BCUT2D eigenvalue weighted by atomic mass is 10.1. The van der Waals surface area contributed by atoms with Gasteiger partial charge in [-0.05, 0) is 61.7 Å². The van der Waals surface area contributed by atoms with Crippen LogP contribution in [0.4, 0.5) is 0 Å². The average Bonchev–Trinajstić information content (AvgIpc) is 2.37. The van der Waals surface area contributed by atoms with Crippen LogP contribution < -0.4 is 5.73 Å². The summed E-state index contributed by atoms with van der Waals surface area (Å²) < 4.78 is 0. The highest BCUT2D eigenvalue weighted by molar-refractivity contribution is 6.30. The van der Waals surface area contributed by atoms with E-state index in [1.54, 1.807) is 0 Å². The molecular weight excluding hydrogens is 277 g/mol. The molecule has 2 N–H and O–H groups in total. The van der Waals surface area contributed by atoms with Crippen molar-refractivity contribution in [2.45, 2.75) is 19.8 Å². The number of benzene rings is 2. The molecule has 19 heavy (non-hydrogen) atoms. The Morgan fingerprint density at radius 1 is 0.947 bits per heavy atom. The Morgan fingerprint density at radius 2 is 1.58 bits per heavy atom. The number of hydrogen-bond donors (Lipinski definition) is 1. The summed E-state index contributed by atoms with van der Waals surface area (Å²) in [5.41, 5.74) is 7.85. The van der Waals surface area contributed by atoms with Crippen molar-refractivity contribution >= 4 is 23.2 Å². The first-order valence-electron chi connectivity index (χ1n) is 6.28. The third-order valence-corrected chi connectivity index (χ3v) is 3.01. The molecule has 3 heteroatoms. The van der Waals surface area contributed by atoms with Crippen LogP contribution in [-0.4, -0.2) is 6.54 Å². The largest absolute Gasteiger partial charge is 0.330 e. The Morgan fingerprint density at radius 3 is 2.05 bits per heavy atom. The molecule has 2 rings (SSSR count). The topological polar surface area (TPSA) is 26.0 Å². The number of hydrogen-bond acceptors (Lipinski definition) is 1. The van der Waals surface area contributed by atoms with Crippen molar-refractivity contribution in [2.75, 3.05) is 6.54 Å². The van der Waals surface area contributed by atoms with E-state index in [4.69, 9.17) is 28.9 Å². The molecule has 0 aliphatic carbocycles. The molecule has 0 amide bonds. The van der Waals surface area contributed by atoms with E-state index in [0.29, 0.717) is 0 Å². The van der Waals surface area contributed by atoms with Gasteiger partial charge in [-0.3, -0.25) is 0 Å². The van der Waals surface area contributed by atoms with Crippen molar-refractivity contribution in [3.8, 4) is 0 Å². The van der Waals surface area contributed by atoms with Gasteiger partial charge < -0.3 is 5.73 Å². The van der Waals surface area contributed by atoms with E-state index in [1.807, 2.05) is 49.4 Å². The average molecular weight is 296 g/mol. The molecule has 0 saturated heterocycles. The third-order valence-electron chi connectivity index (χ3n) is 2.54. The first kappa shape index (κ1) is 16.0. The lowest BCUT2D eigenvalue weighted by Gasteiger charge is -1.98. The summed E-state index contributed by atoms with van der Waals surface area (Å²) in [5.74, 6) is 0. The van der Waals surface area contributed by atoms with Crippen LogP contribution in [0.15, 0.2) is 48.5 Å². The van der Waals surface area contributed by atoms with Crippen LogP contribution in [0, 0.1) is 6.92 Å². The highest BCUT2D eigenvalue weighted by Gasteiger charge is 1.92. The minimum absolute atomic E-state index is 0.743. The van der Waals surface area contributed by atoms with Crippen molar-refractivity contribution < 1.29 is 0 Å². The zero-order chi connectivity index (χ0) is 14.1. The molecule has 0 aromatic heterocycles. The van der Waals surface area contributed by atoms with Gasteiger partial charge in [0.05, 0.1) is 0 Å². The molecule has 2 aromatic rings. The molecule has 2 aromatic carbocycles. The highest BCUT2D eigenvalue weighted by Crippen LogP contribution is 2.11. The third kappa shape index (κ3) is 7.22. The van der Waals surface area contributed by atoms with Crippen LogP contribution in [0.3, 0.4) is 0 Å². The molecule has 0 unspecified atom stereocenters. The van der Waals surface area contributed by atoms with Gasteiger partial charge in [-0.25, -0.2) is 0 Å². The van der Waals surface area contributed by atoms with Crippen LogP contribution in [0.25, 0.3) is 0 Å². The number of aryl methyl sites for hydroxylation is 2. The summed E-state index contributed by atoms with van der Waals surface area (Å²) in [6.45, 7) is 2.76. The molecule has 0 atom stereocenters. The van der Waals surface area contributed by atoms with E-state index in [1.165, 1.54) is 11.1 Å². The van der Waals surface area contributed by atoms with Crippen molar-refractivity contribution in [2.24, 2.45) is 5.73 Å². The summed E-state index contributed by atoms with van der Waals surface area (Å²) in [6, 6.07) is 15.7. The van der Waals surface area contributed by atoms with Crippen LogP contribution in [0.2, 0.25) is 10.0 Å². The zero-order valence-electron chi connectivity index (χ0n) is 11.1. The predicted octanol–water partition coefficient (Wildman–Crippen LogP) is 4.88. The number of rotatable bonds is 3. The SMILES string of the molecule is Cc1cccc(Cl)c1.NCCCc1cccc(Cl)c1. The first-order valence-corrected chi connectivity index (χ1v) is 7.04.